The van der Waals surface area contributed by atoms with Crippen molar-refractivity contribution in [1.29, 1.82) is 0 Å². The quantitative estimate of drug-likeness (QED) is 0.386. The topological polar surface area (TPSA) is 80.2 Å². The van der Waals surface area contributed by atoms with Crippen LogP contribution in [0.1, 0.15) is 50.3 Å². The highest BCUT2D eigenvalue weighted by molar-refractivity contribution is 6.35. The molecule has 0 atom stereocenters. The summed E-state index contributed by atoms with van der Waals surface area (Å²) in [6, 6.07) is 9.05. The Morgan fingerprint density at radius 3 is 2.39 bits per heavy atom. The molecule has 0 fully saturated rings. The molecular formula is C22H28N2O4. The Morgan fingerprint density at radius 2 is 1.82 bits per heavy atom. The van der Waals surface area contributed by atoms with E-state index in [-0.39, 0.29) is 17.4 Å². The van der Waals surface area contributed by atoms with Crippen LogP contribution in [0.3, 0.4) is 0 Å². The number of nitrogens with zero attached hydrogens (tertiary/aromatic N) is 1. The summed E-state index contributed by atoms with van der Waals surface area (Å²) in [5.74, 6) is 1.43. The lowest BCUT2D eigenvalue weighted by Gasteiger charge is -2.16. The maximum absolute atomic E-state index is 11.6. The number of anilines is 1. The Hall–Kier alpha value is -3.02. The molecule has 0 amide bonds. The normalized spacial score (nSPS) is 11.5. The monoisotopic (exact) mass is 384 g/mol. The van der Waals surface area contributed by atoms with Crippen LogP contribution in [-0.2, 0) is 9.53 Å². The maximum Gasteiger partial charge on any atom is 0.354 e. The first-order valence-corrected chi connectivity index (χ1v) is 9.32. The van der Waals surface area contributed by atoms with Gasteiger partial charge in [-0.15, -0.1) is 0 Å². The lowest BCUT2D eigenvalue weighted by atomic mass is 10.0. The highest BCUT2D eigenvalue weighted by atomic mass is 16.5. The molecule has 0 unspecified atom stereocenters. The summed E-state index contributed by atoms with van der Waals surface area (Å²) >= 11 is 0. The summed E-state index contributed by atoms with van der Waals surface area (Å²) in [6.45, 7) is 11.6. The van der Waals surface area contributed by atoms with Gasteiger partial charge < -0.3 is 14.6 Å². The minimum atomic E-state index is -0.448. The fraction of sp³-hybridized carbons (Fsp3) is 0.364. The molecule has 2 aromatic carbocycles. The highest BCUT2D eigenvalue weighted by Gasteiger charge is 2.12. The minimum Gasteiger partial charge on any atom is -0.508 e. The largest absolute Gasteiger partial charge is 0.508 e. The number of esters is 1. The summed E-state index contributed by atoms with van der Waals surface area (Å²) in [7, 11) is 0. The summed E-state index contributed by atoms with van der Waals surface area (Å²) in [5.41, 5.74) is 6.57. The number of aryl methyl sites for hydroxylation is 2. The van der Waals surface area contributed by atoms with E-state index in [0.717, 1.165) is 28.1 Å². The first-order valence-electron chi connectivity index (χ1n) is 9.32. The Labute approximate surface area is 166 Å². The van der Waals surface area contributed by atoms with Gasteiger partial charge in [0.05, 0.1) is 12.3 Å². The van der Waals surface area contributed by atoms with Gasteiger partial charge in [-0.25, -0.2) is 4.79 Å². The zero-order chi connectivity index (χ0) is 20.8. The molecule has 0 bridgehead atoms. The molecule has 0 saturated heterocycles. The predicted octanol–water partition coefficient (Wildman–Crippen LogP) is 5.28. The zero-order valence-corrected chi connectivity index (χ0v) is 17.3. The van der Waals surface area contributed by atoms with E-state index in [4.69, 9.17) is 9.47 Å². The third-order valence-electron chi connectivity index (χ3n) is 4.22. The number of benzene rings is 2. The minimum absolute atomic E-state index is 0.192. The van der Waals surface area contributed by atoms with E-state index in [1.807, 2.05) is 45.9 Å². The van der Waals surface area contributed by atoms with Gasteiger partial charge in [-0.1, -0.05) is 13.8 Å². The van der Waals surface area contributed by atoms with Crippen molar-refractivity contribution in [3.8, 4) is 17.2 Å². The molecule has 0 aromatic heterocycles. The second kappa shape index (κ2) is 9.26. The Balaban J connectivity index is 2.21. The van der Waals surface area contributed by atoms with Gasteiger partial charge in [0.15, 0.2) is 0 Å². The molecule has 28 heavy (non-hydrogen) atoms. The lowest BCUT2D eigenvalue weighted by Crippen LogP contribution is -2.15. The zero-order valence-electron chi connectivity index (χ0n) is 17.3. The first kappa shape index (κ1) is 21.3. The van der Waals surface area contributed by atoms with Crippen molar-refractivity contribution in [2.24, 2.45) is 5.10 Å². The molecular weight excluding hydrogens is 356 g/mol. The molecule has 0 saturated carbocycles. The van der Waals surface area contributed by atoms with Crippen LogP contribution < -0.4 is 10.2 Å². The van der Waals surface area contributed by atoms with E-state index < -0.39 is 5.97 Å². The summed E-state index contributed by atoms with van der Waals surface area (Å²) in [4.78, 5) is 11.6. The van der Waals surface area contributed by atoms with Crippen LogP contribution in [0.2, 0.25) is 0 Å². The Morgan fingerprint density at radius 1 is 1.18 bits per heavy atom. The number of phenolic OH excluding ortho intramolecular Hbond substituents is 1. The number of rotatable bonds is 7. The van der Waals surface area contributed by atoms with E-state index in [9.17, 15) is 9.90 Å². The molecule has 150 valence electrons. The maximum atomic E-state index is 11.6. The molecule has 0 radical (unpaired) electrons. The van der Waals surface area contributed by atoms with Crippen molar-refractivity contribution >= 4 is 17.4 Å². The third-order valence-corrected chi connectivity index (χ3v) is 4.22. The number of ether oxygens (including phenoxy) is 2. The SMILES string of the molecule is CCOC(=O)/C(C)=N\Nc1cc(C)c(Oc2ccc(O)c(C(C)C)c2)c(C)c1. The summed E-state index contributed by atoms with van der Waals surface area (Å²) in [6.07, 6.45) is 0. The second-order valence-electron chi connectivity index (χ2n) is 6.95. The molecule has 2 N–H and O–H groups in total. The van der Waals surface area contributed by atoms with E-state index in [2.05, 4.69) is 10.5 Å². The van der Waals surface area contributed by atoms with Crippen LogP contribution in [0, 0.1) is 13.8 Å². The molecule has 6 nitrogen and oxygen atoms in total. The van der Waals surface area contributed by atoms with Crippen LogP contribution in [-0.4, -0.2) is 23.4 Å². The van der Waals surface area contributed by atoms with E-state index in [0.29, 0.717) is 12.4 Å². The van der Waals surface area contributed by atoms with E-state index in [1.54, 1.807) is 26.0 Å². The molecule has 0 spiro atoms. The number of carbonyl (C=O) groups is 1. The molecule has 0 aliphatic heterocycles. The fourth-order valence-electron chi connectivity index (χ4n) is 2.78. The number of hydrogen-bond acceptors (Lipinski definition) is 6. The molecule has 2 aromatic rings. The predicted molar refractivity (Wildman–Crippen MR) is 112 cm³/mol. The first-order chi connectivity index (χ1) is 13.2. The van der Waals surface area contributed by atoms with Crippen molar-refractivity contribution in [2.45, 2.75) is 47.5 Å². The standard InChI is InChI=1S/C22H28N2O4/c1-7-27-22(26)16(6)23-24-17-10-14(4)21(15(5)11-17)28-18-8-9-20(25)19(12-18)13(2)3/h8-13,24-25H,7H2,1-6H3/b23-16-. The Kier molecular flexibility index (Phi) is 7.04. The van der Waals surface area contributed by atoms with Gasteiger partial charge >= 0.3 is 5.97 Å². The number of hydrazone groups is 1. The number of hydrogen-bond donors (Lipinski definition) is 2. The van der Waals surface area contributed by atoms with Crippen molar-refractivity contribution in [3.05, 3.63) is 47.0 Å². The van der Waals surface area contributed by atoms with Crippen molar-refractivity contribution in [2.75, 3.05) is 12.0 Å². The van der Waals surface area contributed by atoms with Gasteiger partial charge in [0, 0.05) is 5.56 Å². The van der Waals surface area contributed by atoms with Crippen LogP contribution in [0.4, 0.5) is 5.69 Å². The summed E-state index contributed by atoms with van der Waals surface area (Å²) in [5, 5.41) is 14.1. The van der Waals surface area contributed by atoms with Gasteiger partial charge in [0.1, 0.15) is 23.0 Å². The van der Waals surface area contributed by atoms with Crippen LogP contribution in [0.25, 0.3) is 0 Å². The lowest BCUT2D eigenvalue weighted by molar-refractivity contribution is -0.135. The van der Waals surface area contributed by atoms with Gasteiger partial charge in [-0.05, 0) is 75.1 Å². The Bertz CT molecular complexity index is 865. The van der Waals surface area contributed by atoms with Crippen LogP contribution in [0.5, 0.6) is 17.2 Å². The average molecular weight is 384 g/mol. The molecule has 0 heterocycles. The number of aromatic hydroxyl groups is 1. The number of nitrogens with one attached hydrogen (secondary N) is 1. The number of carbonyl (C=O) groups excluding carboxylic acids is 1. The molecule has 0 aliphatic rings. The smallest absolute Gasteiger partial charge is 0.354 e. The molecule has 0 aliphatic carbocycles. The van der Waals surface area contributed by atoms with Gasteiger partial charge in [0.2, 0.25) is 0 Å². The highest BCUT2D eigenvalue weighted by Crippen LogP contribution is 2.35. The van der Waals surface area contributed by atoms with Crippen molar-refractivity contribution in [1.82, 2.24) is 0 Å². The second-order valence-corrected chi connectivity index (χ2v) is 6.95. The van der Waals surface area contributed by atoms with E-state index >= 15 is 0 Å². The van der Waals surface area contributed by atoms with Crippen molar-refractivity contribution in [3.63, 3.8) is 0 Å². The third kappa shape index (κ3) is 5.25. The molecule has 2 rings (SSSR count). The van der Waals surface area contributed by atoms with Crippen molar-refractivity contribution < 1.29 is 19.4 Å². The van der Waals surface area contributed by atoms with Crippen LogP contribution in [0.15, 0.2) is 35.4 Å². The van der Waals surface area contributed by atoms with Gasteiger partial charge in [-0.2, -0.15) is 5.10 Å². The summed E-state index contributed by atoms with van der Waals surface area (Å²) < 4.78 is 11.0. The van der Waals surface area contributed by atoms with Crippen LogP contribution >= 0.6 is 0 Å². The average Bonchev–Trinajstić information content (AvgIpc) is 2.63. The fourth-order valence-corrected chi connectivity index (χ4v) is 2.78. The van der Waals surface area contributed by atoms with Gasteiger partial charge in [-0.3, -0.25) is 5.43 Å². The number of phenols is 1. The van der Waals surface area contributed by atoms with Gasteiger partial charge in [0.25, 0.3) is 0 Å². The molecule has 6 heteroatoms. The van der Waals surface area contributed by atoms with E-state index in [1.165, 1.54) is 0 Å².